The molecule has 0 saturated carbocycles. The molecule has 0 bridgehead atoms. The molecular weight excluding hydrogens is 371 g/mol. The number of hydrogen-bond donors (Lipinski definition) is 1. The number of nitrogens with zero attached hydrogens (tertiary/aromatic N) is 1. The molecular formula is C19H15FN2O4S. The Morgan fingerprint density at radius 2 is 2.00 bits per heavy atom. The maximum absolute atomic E-state index is 13.0. The van der Waals surface area contributed by atoms with Gasteiger partial charge >= 0.3 is 0 Å². The van der Waals surface area contributed by atoms with Gasteiger partial charge in [0.05, 0.1) is 17.2 Å². The smallest absolute Gasteiger partial charge is 0.264 e. The fourth-order valence-electron chi connectivity index (χ4n) is 2.59. The zero-order valence-electron chi connectivity index (χ0n) is 14.3. The lowest BCUT2D eigenvalue weighted by atomic mass is 10.1. The molecule has 27 heavy (non-hydrogen) atoms. The highest BCUT2D eigenvalue weighted by atomic mass is 32.2. The predicted molar refractivity (Wildman–Crippen MR) is 101 cm³/mol. The van der Waals surface area contributed by atoms with Gasteiger partial charge in [0.15, 0.2) is 16.7 Å². The second-order valence-electron chi connectivity index (χ2n) is 5.63. The molecule has 0 aliphatic carbocycles. The van der Waals surface area contributed by atoms with E-state index in [1.54, 1.807) is 30.3 Å². The summed E-state index contributed by atoms with van der Waals surface area (Å²) in [6.07, 6.45) is 1.72. The third kappa shape index (κ3) is 3.75. The van der Waals surface area contributed by atoms with E-state index in [9.17, 15) is 9.18 Å². The van der Waals surface area contributed by atoms with Gasteiger partial charge in [-0.3, -0.25) is 4.79 Å². The lowest BCUT2D eigenvalue weighted by Crippen LogP contribution is -2.19. The van der Waals surface area contributed by atoms with Crippen LogP contribution in [0.15, 0.2) is 46.3 Å². The van der Waals surface area contributed by atoms with Crippen molar-refractivity contribution in [1.29, 1.82) is 0 Å². The third-order valence-corrected chi connectivity index (χ3v) is 4.71. The van der Waals surface area contributed by atoms with E-state index in [-0.39, 0.29) is 18.5 Å². The Hall–Kier alpha value is -3.00. The summed E-state index contributed by atoms with van der Waals surface area (Å²) >= 11 is 1.20. The summed E-state index contributed by atoms with van der Waals surface area (Å²) in [4.78, 5) is 17.1. The molecule has 8 heteroatoms. The highest BCUT2D eigenvalue weighted by Gasteiger charge is 2.25. The number of thioether (sulfide) groups is 1. The number of hydrogen-bond acceptors (Lipinski definition) is 6. The summed E-state index contributed by atoms with van der Waals surface area (Å²) in [5, 5.41) is 3.13. The van der Waals surface area contributed by atoms with Gasteiger partial charge in [-0.2, -0.15) is 0 Å². The number of amides is 1. The number of aliphatic imine (C=N–C) groups is 1. The lowest BCUT2D eigenvalue weighted by Gasteiger charge is -2.09. The highest BCUT2D eigenvalue weighted by molar-refractivity contribution is 8.18. The Bertz CT molecular complexity index is 957. The lowest BCUT2D eigenvalue weighted by molar-refractivity contribution is -0.115. The van der Waals surface area contributed by atoms with Crippen molar-refractivity contribution in [1.82, 2.24) is 5.32 Å². The van der Waals surface area contributed by atoms with E-state index >= 15 is 0 Å². The molecule has 2 aliphatic rings. The summed E-state index contributed by atoms with van der Waals surface area (Å²) < 4.78 is 29.4. The molecule has 0 atom stereocenters. The first-order chi connectivity index (χ1) is 13.1. The largest absolute Gasteiger partial charge is 0.493 e. The first kappa shape index (κ1) is 17.4. The Morgan fingerprint density at radius 3 is 2.74 bits per heavy atom. The van der Waals surface area contributed by atoms with Gasteiger partial charge in [0.25, 0.3) is 5.91 Å². The van der Waals surface area contributed by atoms with Gasteiger partial charge in [0, 0.05) is 11.6 Å². The van der Waals surface area contributed by atoms with Crippen molar-refractivity contribution in [2.45, 2.75) is 6.92 Å². The quantitative estimate of drug-likeness (QED) is 0.809. The van der Waals surface area contributed by atoms with Crippen LogP contribution < -0.4 is 19.5 Å². The minimum absolute atomic E-state index is 0.157. The molecule has 0 spiro atoms. The Balaban J connectivity index is 1.62. The molecule has 1 saturated heterocycles. The second kappa shape index (κ2) is 7.32. The fraction of sp³-hybridized carbons (Fsp3) is 0.158. The van der Waals surface area contributed by atoms with Crippen LogP contribution in [-0.4, -0.2) is 24.5 Å². The number of amidine groups is 1. The molecule has 2 aromatic carbocycles. The number of nitrogens with one attached hydrogen (secondary N) is 1. The van der Waals surface area contributed by atoms with E-state index in [1.165, 1.54) is 23.9 Å². The van der Waals surface area contributed by atoms with Gasteiger partial charge in [-0.05, 0) is 55.1 Å². The summed E-state index contributed by atoms with van der Waals surface area (Å²) in [6.45, 7) is 2.52. The molecule has 1 amide bonds. The number of benzene rings is 2. The van der Waals surface area contributed by atoms with Crippen molar-refractivity contribution in [3.05, 3.63) is 52.7 Å². The van der Waals surface area contributed by atoms with Crippen LogP contribution in [-0.2, 0) is 4.79 Å². The fourth-order valence-corrected chi connectivity index (χ4v) is 3.42. The molecule has 4 rings (SSSR count). The van der Waals surface area contributed by atoms with Crippen LogP contribution in [0, 0.1) is 5.82 Å². The Kier molecular flexibility index (Phi) is 4.72. The SMILES string of the molecule is CCOc1cc2c(cc1/C=C1/SC(=Nc3ccc(F)cc3)NC1=O)OCO2. The monoisotopic (exact) mass is 386 g/mol. The van der Waals surface area contributed by atoms with Gasteiger partial charge in [0.2, 0.25) is 6.79 Å². The molecule has 2 aliphatic heterocycles. The molecule has 0 aromatic heterocycles. The van der Waals surface area contributed by atoms with Crippen molar-refractivity contribution < 1.29 is 23.4 Å². The Labute approximate surface area is 159 Å². The van der Waals surface area contributed by atoms with Gasteiger partial charge in [-0.25, -0.2) is 9.38 Å². The van der Waals surface area contributed by atoms with E-state index in [4.69, 9.17) is 14.2 Å². The average Bonchev–Trinajstić information content (AvgIpc) is 3.23. The zero-order valence-corrected chi connectivity index (χ0v) is 15.1. The van der Waals surface area contributed by atoms with Crippen LogP contribution in [0.3, 0.4) is 0 Å². The minimum atomic E-state index is -0.339. The van der Waals surface area contributed by atoms with Gasteiger partial charge in [-0.1, -0.05) is 0 Å². The number of fused-ring (bicyclic) bond motifs is 1. The van der Waals surface area contributed by atoms with Crippen LogP contribution in [0.5, 0.6) is 17.2 Å². The summed E-state index contributed by atoms with van der Waals surface area (Å²) in [5.74, 6) is 1.22. The average molecular weight is 386 g/mol. The number of carbonyl (C=O) groups is 1. The summed E-state index contributed by atoms with van der Waals surface area (Å²) in [5.41, 5.74) is 1.26. The topological polar surface area (TPSA) is 69.2 Å². The summed E-state index contributed by atoms with van der Waals surface area (Å²) in [6, 6.07) is 9.26. The van der Waals surface area contributed by atoms with Gasteiger partial charge in [0.1, 0.15) is 11.6 Å². The van der Waals surface area contributed by atoms with E-state index in [1.807, 2.05) is 6.92 Å². The van der Waals surface area contributed by atoms with Crippen LogP contribution in [0.1, 0.15) is 12.5 Å². The first-order valence-electron chi connectivity index (χ1n) is 8.24. The van der Waals surface area contributed by atoms with Crippen LogP contribution in [0.2, 0.25) is 0 Å². The van der Waals surface area contributed by atoms with Crippen molar-refractivity contribution in [3.8, 4) is 17.2 Å². The maximum atomic E-state index is 13.0. The van der Waals surface area contributed by atoms with Crippen molar-refractivity contribution in [3.63, 3.8) is 0 Å². The van der Waals surface area contributed by atoms with Crippen LogP contribution >= 0.6 is 11.8 Å². The third-order valence-electron chi connectivity index (χ3n) is 3.80. The predicted octanol–water partition coefficient (Wildman–Crippen LogP) is 3.84. The van der Waals surface area contributed by atoms with Gasteiger partial charge in [-0.15, -0.1) is 0 Å². The van der Waals surface area contributed by atoms with E-state index in [0.717, 1.165) is 0 Å². The molecule has 6 nitrogen and oxygen atoms in total. The van der Waals surface area contributed by atoms with Crippen molar-refractivity contribution in [2.75, 3.05) is 13.4 Å². The number of carbonyl (C=O) groups excluding carboxylic acids is 1. The van der Waals surface area contributed by atoms with E-state index in [0.29, 0.717) is 45.2 Å². The first-order valence-corrected chi connectivity index (χ1v) is 9.05. The standard InChI is InChI=1S/C19H15FN2O4S/c1-2-24-14-9-16-15(25-10-26-16)7-11(14)8-17-18(23)22-19(27-17)21-13-5-3-12(20)4-6-13/h3-9H,2,10H2,1H3,(H,21,22,23)/b17-8+. The summed E-state index contributed by atoms with van der Waals surface area (Å²) in [7, 11) is 0. The number of ether oxygens (including phenoxy) is 3. The minimum Gasteiger partial charge on any atom is -0.493 e. The van der Waals surface area contributed by atoms with E-state index in [2.05, 4.69) is 10.3 Å². The van der Waals surface area contributed by atoms with Crippen LogP contribution in [0.4, 0.5) is 10.1 Å². The molecule has 138 valence electrons. The Morgan fingerprint density at radius 1 is 1.26 bits per heavy atom. The molecule has 0 radical (unpaired) electrons. The molecule has 2 heterocycles. The van der Waals surface area contributed by atoms with Crippen LogP contribution in [0.25, 0.3) is 6.08 Å². The molecule has 1 N–H and O–H groups in total. The molecule has 0 unspecified atom stereocenters. The van der Waals surface area contributed by atoms with Crippen molar-refractivity contribution >= 4 is 34.6 Å². The second-order valence-corrected chi connectivity index (χ2v) is 6.67. The zero-order chi connectivity index (χ0) is 18.8. The molecule has 2 aromatic rings. The number of rotatable bonds is 4. The normalized spacial score (nSPS) is 18.2. The maximum Gasteiger partial charge on any atom is 0.264 e. The highest BCUT2D eigenvalue weighted by Crippen LogP contribution is 2.40. The number of halogens is 1. The van der Waals surface area contributed by atoms with Gasteiger partial charge < -0.3 is 19.5 Å². The van der Waals surface area contributed by atoms with E-state index < -0.39 is 0 Å². The molecule has 1 fully saturated rings. The van der Waals surface area contributed by atoms with Crippen molar-refractivity contribution in [2.24, 2.45) is 4.99 Å².